The summed E-state index contributed by atoms with van der Waals surface area (Å²) in [5.74, 6) is 0. The second-order valence-corrected chi connectivity index (χ2v) is 25.5. The first-order valence-electron chi connectivity index (χ1n) is 35.1. The van der Waals surface area contributed by atoms with Gasteiger partial charge in [0.1, 0.15) is 0 Å². The van der Waals surface area contributed by atoms with Gasteiger partial charge in [0.2, 0.25) is 0 Å². The topological polar surface area (TPSA) is 13.0 Å². The van der Waals surface area contributed by atoms with Crippen molar-refractivity contribution >= 4 is 0 Å². The molecule has 0 aliphatic rings. The lowest BCUT2D eigenvalue weighted by molar-refractivity contribution is 0.0431. The Balaban J connectivity index is 6.05. The highest BCUT2D eigenvalue weighted by atomic mass is 15.2. The minimum atomic E-state index is 0.368. The van der Waals surface area contributed by atoms with Crippen LogP contribution in [-0.2, 0) is 0 Å². The third-order valence-electron chi connectivity index (χ3n) is 17.7. The van der Waals surface area contributed by atoms with E-state index in [1.54, 1.807) is 0 Å². The standard InChI is InChI=1S/C70H146N4/c1-9-13-17-21-25-29-33-37-41-45-49-53-60-70(61-54-50-46-42-38-34-30-26-22-18-14-10-2,62-69-73(8)65-58-57-64-72(7)66-59-63-71(5)6)74(67-55-51-47-43-39-35-31-27-23-19-15-11-3)68-56-52-48-44-40-36-32-28-24-20-16-12-4/h9-69H2,1-8H3. The van der Waals surface area contributed by atoms with E-state index in [9.17, 15) is 0 Å². The largest absolute Gasteiger partial charge is 0.309 e. The van der Waals surface area contributed by atoms with Crippen LogP contribution in [0.1, 0.15) is 374 Å². The molecule has 0 aromatic carbocycles. The Morgan fingerprint density at radius 2 is 0.405 bits per heavy atom. The summed E-state index contributed by atoms with van der Waals surface area (Å²) in [4.78, 5) is 10.9. The van der Waals surface area contributed by atoms with E-state index in [-0.39, 0.29) is 0 Å². The second-order valence-electron chi connectivity index (χ2n) is 25.5. The summed E-state index contributed by atoms with van der Waals surface area (Å²) in [5, 5.41) is 0. The van der Waals surface area contributed by atoms with Crippen molar-refractivity contribution in [2.24, 2.45) is 0 Å². The summed E-state index contributed by atoms with van der Waals surface area (Å²) in [6.07, 6.45) is 77.9. The van der Waals surface area contributed by atoms with Gasteiger partial charge in [-0.2, -0.15) is 0 Å². The van der Waals surface area contributed by atoms with E-state index in [1.807, 2.05) is 0 Å². The van der Waals surface area contributed by atoms with Crippen molar-refractivity contribution in [3.8, 4) is 0 Å². The SMILES string of the molecule is CCCCCCCCCCCCCCN(CCCCCCCCCCCCCC)C(CCCCCCCCCCCCCC)(CCCCCCCCCCCCCC)CCN(C)CCCCN(C)CCCN(C)C. The van der Waals surface area contributed by atoms with Crippen LogP contribution < -0.4 is 0 Å². The first kappa shape index (κ1) is 73.8. The summed E-state index contributed by atoms with van der Waals surface area (Å²) in [6, 6.07) is 0. The molecule has 0 aliphatic carbocycles. The molecule has 4 heteroatoms. The van der Waals surface area contributed by atoms with Crippen molar-refractivity contribution in [2.75, 3.05) is 74.0 Å². The monoisotopic (exact) mass is 1040 g/mol. The molecule has 446 valence electrons. The van der Waals surface area contributed by atoms with Gasteiger partial charge in [0.15, 0.2) is 0 Å². The Bertz CT molecular complexity index is 958. The van der Waals surface area contributed by atoms with Gasteiger partial charge in [-0.25, -0.2) is 0 Å². The van der Waals surface area contributed by atoms with E-state index in [4.69, 9.17) is 0 Å². The average Bonchev–Trinajstić information content (AvgIpc) is 3.39. The molecule has 0 saturated carbocycles. The molecule has 0 saturated heterocycles. The predicted octanol–water partition coefficient (Wildman–Crippen LogP) is 22.6. The van der Waals surface area contributed by atoms with E-state index in [2.05, 4.69) is 75.5 Å². The van der Waals surface area contributed by atoms with Crippen LogP contribution in [0.15, 0.2) is 0 Å². The van der Waals surface area contributed by atoms with Crippen molar-refractivity contribution in [2.45, 2.75) is 380 Å². The summed E-state index contributed by atoms with van der Waals surface area (Å²) >= 11 is 0. The number of nitrogens with zero attached hydrogens (tertiary/aromatic N) is 4. The molecule has 0 unspecified atom stereocenters. The van der Waals surface area contributed by atoms with Crippen molar-refractivity contribution in [3.05, 3.63) is 0 Å². The molecular weight excluding hydrogens is 897 g/mol. The fourth-order valence-electron chi connectivity index (χ4n) is 12.4. The smallest absolute Gasteiger partial charge is 0.0221 e. The molecule has 0 aromatic rings. The molecule has 0 rings (SSSR count). The van der Waals surface area contributed by atoms with Crippen LogP contribution in [0.4, 0.5) is 0 Å². The molecule has 74 heavy (non-hydrogen) atoms. The van der Waals surface area contributed by atoms with E-state index < -0.39 is 0 Å². The minimum Gasteiger partial charge on any atom is -0.309 e. The van der Waals surface area contributed by atoms with Gasteiger partial charge < -0.3 is 14.7 Å². The van der Waals surface area contributed by atoms with Crippen LogP contribution in [0.25, 0.3) is 0 Å². The van der Waals surface area contributed by atoms with Crippen molar-refractivity contribution in [3.63, 3.8) is 0 Å². The van der Waals surface area contributed by atoms with Gasteiger partial charge >= 0.3 is 0 Å². The van der Waals surface area contributed by atoms with Crippen molar-refractivity contribution in [1.29, 1.82) is 0 Å². The average molecular weight is 1040 g/mol. The van der Waals surface area contributed by atoms with Crippen LogP contribution >= 0.6 is 0 Å². The Labute approximate surface area is 471 Å². The van der Waals surface area contributed by atoms with Crippen molar-refractivity contribution < 1.29 is 0 Å². The fourth-order valence-corrected chi connectivity index (χ4v) is 12.4. The predicted molar refractivity (Wildman–Crippen MR) is 340 cm³/mol. The van der Waals surface area contributed by atoms with Crippen LogP contribution in [0.3, 0.4) is 0 Å². The summed E-state index contributed by atoms with van der Waals surface area (Å²) < 4.78 is 0. The van der Waals surface area contributed by atoms with Crippen LogP contribution in [0, 0.1) is 0 Å². The maximum atomic E-state index is 3.23. The Kier molecular flexibility index (Phi) is 60.3. The lowest BCUT2D eigenvalue weighted by Crippen LogP contribution is -2.51. The van der Waals surface area contributed by atoms with E-state index in [1.165, 1.54) is 393 Å². The fraction of sp³-hybridized carbons (Fsp3) is 1.00. The van der Waals surface area contributed by atoms with Gasteiger partial charge in [-0.3, -0.25) is 4.90 Å². The van der Waals surface area contributed by atoms with E-state index >= 15 is 0 Å². The van der Waals surface area contributed by atoms with E-state index in [0.717, 1.165) is 0 Å². The molecule has 0 fully saturated rings. The summed E-state index contributed by atoms with van der Waals surface area (Å²) in [6.45, 7) is 18.3. The number of hydrogen-bond donors (Lipinski definition) is 0. The molecule has 0 bridgehead atoms. The maximum absolute atomic E-state index is 3.23. The van der Waals surface area contributed by atoms with Crippen LogP contribution in [0.5, 0.6) is 0 Å². The second kappa shape index (κ2) is 60.5. The molecule has 0 atom stereocenters. The first-order valence-corrected chi connectivity index (χ1v) is 35.1. The Morgan fingerprint density at radius 3 is 0.676 bits per heavy atom. The molecule has 0 N–H and O–H groups in total. The summed E-state index contributed by atoms with van der Waals surface area (Å²) in [7, 11) is 9.25. The van der Waals surface area contributed by atoms with Gasteiger partial charge in [0, 0.05) is 5.54 Å². The van der Waals surface area contributed by atoms with Gasteiger partial charge in [0.25, 0.3) is 0 Å². The van der Waals surface area contributed by atoms with Crippen LogP contribution in [-0.4, -0.2) is 99.1 Å². The molecule has 0 heterocycles. The third-order valence-corrected chi connectivity index (χ3v) is 17.7. The molecule has 0 aliphatic heterocycles. The molecule has 4 nitrogen and oxygen atoms in total. The Hall–Kier alpha value is -0.160. The first-order chi connectivity index (χ1) is 36.3. The zero-order chi connectivity index (χ0) is 53.9. The number of hydrogen-bond acceptors (Lipinski definition) is 4. The van der Waals surface area contributed by atoms with Gasteiger partial charge in [-0.05, 0) is 125 Å². The van der Waals surface area contributed by atoms with Crippen LogP contribution in [0.2, 0.25) is 0 Å². The summed E-state index contributed by atoms with van der Waals surface area (Å²) in [5.41, 5.74) is 0.368. The minimum absolute atomic E-state index is 0.368. The zero-order valence-electron chi connectivity index (χ0n) is 53.4. The Morgan fingerprint density at radius 1 is 0.189 bits per heavy atom. The molecule has 0 radical (unpaired) electrons. The molecular formula is C70H146N4. The number of unbranched alkanes of at least 4 members (excludes halogenated alkanes) is 45. The highest BCUT2D eigenvalue weighted by Gasteiger charge is 2.35. The molecule has 0 aromatic heterocycles. The molecule has 0 amide bonds. The highest BCUT2D eigenvalue weighted by Crippen LogP contribution is 2.35. The lowest BCUT2D eigenvalue weighted by atomic mass is 9.80. The third kappa shape index (κ3) is 52.5. The normalized spacial score (nSPS) is 12.3. The quantitative estimate of drug-likeness (QED) is 0.0563. The van der Waals surface area contributed by atoms with Gasteiger partial charge in [-0.1, -0.05) is 323 Å². The number of rotatable bonds is 65. The lowest BCUT2D eigenvalue weighted by Gasteiger charge is -2.46. The highest BCUT2D eigenvalue weighted by molar-refractivity contribution is 4.92. The van der Waals surface area contributed by atoms with Gasteiger partial charge in [-0.15, -0.1) is 0 Å². The van der Waals surface area contributed by atoms with Gasteiger partial charge in [0.05, 0.1) is 0 Å². The molecule has 0 spiro atoms. The van der Waals surface area contributed by atoms with Crippen molar-refractivity contribution in [1.82, 2.24) is 19.6 Å². The zero-order valence-corrected chi connectivity index (χ0v) is 53.4. The van der Waals surface area contributed by atoms with E-state index in [0.29, 0.717) is 5.54 Å². The maximum Gasteiger partial charge on any atom is 0.0221 e.